The van der Waals surface area contributed by atoms with E-state index < -0.39 is 0 Å². The lowest BCUT2D eigenvalue weighted by molar-refractivity contribution is 1.23. The monoisotopic (exact) mass is 217 g/mol. The minimum atomic E-state index is 0.498. The summed E-state index contributed by atoms with van der Waals surface area (Å²) in [6.07, 6.45) is 1.96. The van der Waals surface area contributed by atoms with Gasteiger partial charge in [-0.2, -0.15) is 0 Å². The molecule has 3 rings (SSSR count). The Morgan fingerprint density at radius 2 is 2.07 bits per heavy atom. The third-order valence-electron chi connectivity index (χ3n) is 2.44. The van der Waals surface area contributed by atoms with Gasteiger partial charge in [-0.1, -0.05) is 11.6 Å². The van der Waals surface area contributed by atoms with E-state index in [1.165, 1.54) is 0 Å². The van der Waals surface area contributed by atoms with Crippen molar-refractivity contribution in [3.8, 4) is 0 Å². The standard InChI is InChI=1S/C11H8ClN3/c12-11-10-2-1-5-15(10)9-4-3-7(13)6-8(9)14-11/h1-6H,13H2. The topological polar surface area (TPSA) is 43.3 Å². The first-order valence-electron chi connectivity index (χ1n) is 4.57. The molecular weight excluding hydrogens is 210 g/mol. The molecule has 3 nitrogen and oxygen atoms in total. The predicted octanol–water partition coefficient (Wildman–Crippen LogP) is 2.72. The second kappa shape index (κ2) is 2.87. The summed E-state index contributed by atoms with van der Waals surface area (Å²) in [6, 6.07) is 9.50. The van der Waals surface area contributed by atoms with Gasteiger partial charge in [-0.3, -0.25) is 0 Å². The largest absolute Gasteiger partial charge is 0.399 e. The molecule has 0 aliphatic carbocycles. The van der Waals surface area contributed by atoms with Crippen LogP contribution in [-0.2, 0) is 0 Å². The Morgan fingerprint density at radius 1 is 1.20 bits per heavy atom. The van der Waals surface area contributed by atoms with E-state index in [9.17, 15) is 0 Å². The van der Waals surface area contributed by atoms with Crippen molar-refractivity contribution >= 4 is 33.8 Å². The second-order valence-corrected chi connectivity index (χ2v) is 3.77. The SMILES string of the molecule is Nc1ccc2c(c1)nc(Cl)c1cccn12. The van der Waals surface area contributed by atoms with Gasteiger partial charge in [0.25, 0.3) is 0 Å². The van der Waals surface area contributed by atoms with Crippen LogP contribution in [0.25, 0.3) is 16.6 Å². The van der Waals surface area contributed by atoms with Crippen molar-refractivity contribution < 1.29 is 0 Å². The fourth-order valence-corrected chi connectivity index (χ4v) is 2.00. The average molecular weight is 218 g/mol. The molecule has 0 amide bonds. The molecule has 0 fully saturated rings. The van der Waals surface area contributed by atoms with Crippen molar-refractivity contribution in [1.82, 2.24) is 9.38 Å². The molecule has 0 saturated carbocycles. The summed E-state index contributed by atoms with van der Waals surface area (Å²) in [5.41, 5.74) is 9.12. The van der Waals surface area contributed by atoms with Crippen LogP contribution in [0.3, 0.4) is 0 Å². The van der Waals surface area contributed by atoms with Crippen molar-refractivity contribution in [3.05, 3.63) is 41.7 Å². The third kappa shape index (κ3) is 1.17. The summed E-state index contributed by atoms with van der Waals surface area (Å²) in [4.78, 5) is 4.30. The predicted molar refractivity (Wildman–Crippen MR) is 62.1 cm³/mol. The Labute approximate surface area is 91.1 Å². The van der Waals surface area contributed by atoms with Gasteiger partial charge in [0.05, 0.1) is 16.6 Å². The highest BCUT2D eigenvalue weighted by atomic mass is 35.5. The van der Waals surface area contributed by atoms with E-state index in [0.717, 1.165) is 16.6 Å². The lowest BCUT2D eigenvalue weighted by Gasteiger charge is -2.04. The van der Waals surface area contributed by atoms with E-state index in [-0.39, 0.29) is 0 Å². The number of anilines is 1. The van der Waals surface area contributed by atoms with Crippen LogP contribution in [0.15, 0.2) is 36.5 Å². The lowest BCUT2D eigenvalue weighted by atomic mass is 10.2. The molecule has 2 N–H and O–H groups in total. The van der Waals surface area contributed by atoms with Crippen molar-refractivity contribution in [2.75, 3.05) is 5.73 Å². The van der Waals surface area contributed by atoms with Gasteiger partial charge in [-0.15, -0.1) is 0 Å². The number of nitrogens with two attached hydrogens (primary N) is 1. The van der Waals surface area contributed by atoms with Crippen molar-refractivity contribution in [2.45, 2.75) is 0 Å². The molecule has 0 atom stereocenters. The fraction of sp³-hybridized carbons (Fsp3) is 0. The Hall–Kier alpha value is -1.74. The second-order valence-electron chi connectivity index (χ2n) is 3.41. The molecule has 0 spiro atoms. The van der Waals surface area contributed by atoms with Crippen LogP contribution in [0.2, 0.25) is 5.15 Å². The molecule has 0 radical (unpaired) electrons. The smallest absolute Gasteiger partial charge is 0.153 e. The quantitative estimate of drug-likeness (QED) is 0.589. The number of hydrogen-bond acceptors (Lipinski definition) is 2. The number of fused-ring (bicyclic) bond motifs is 3. The fourth-order valence-electron chi connectivity index (χ4n) is 1.76. The average Bonchev–Trinajstić information content (AvgIpc) is 2.66. The van der Waals surface area contributed by atoms with E-state index >= 15 is 0 Å². The molecule has 3 aromatic rings. The lowest BCUT2D eigenvalue weighted by Crippen LogP contribution is -1.92. The van der Waals surface area contributed by atoms with Crippen molar-refractivity contribution in [1.29, 1.82) is 0 Å². The first-order chi connectivity index (χ1) is 7.25. The van der Waals surface area contributed by atoms with E-state index in [1.807, 2.05) is 40.9 Å². The number of hydrogen-bond donors (Lipinski definition) is 1. The molecule has 0 aliphatic heterocycles. The zero-order valence-corrected chi connectivity index (χ0v) is 8.57. The molecule has 15 heavy (non-hydrogen) atoms. The van der Waals surface area contributed by atoms with Gasteiger partial charge in [0, 0.05) is 11.9 Å². The van der Waals surface area contributed by atoms with E-state index in [0.29, 0.717) is 10.8 Å². The summed E-state index contributed by atoms with van der Waals surface area (Å²) >= 11 is 6.06. The number of nitrogen functional groups attached to an aromatic ring is 1. The molecule has 2 aromatic heterocycles. The van der Waals surface area contributed by atoms with Crippen LogP contribution in [0.1, 0.15) is 0 Å². The first kappa shape index (κ1) is 8.56. The van der Waals surface area contributed by atoms with E-state index in [2.05, 4.69) is 4.98 Å². The van der Waals surface area contributed by atoms with Crippen LogP contribution in [0, 0.1) is 0 Å². The molecule has 74 valence electrons. The van der Waals surface area contributed by atoms with Gasteiger partial charge in [0.1, 0.15) is 0 Å². The van der Waals surface area contributed by atoms with Crippen LogP contribution in [0.4, 0.5) is 5.69 Å². The molecule has 0 bridgehead atoms. The Bertz CT molecular complexity index is 657. The van der Waals surface area contributed by atoms with Gasteiger partial charge in [0.2, 0.25) is 0 Å². The first-order valence-corrected chi connectivity index (χ1v) is 4.95. The Kier molecular flexibility index (Phi) is 1.64. The van der Waals surface area contributed by atoms with Crippen LogP contribution in [-0.4, -0.2) is 9.38 Å². The van der Waals surface area contributed by atoms with E-state index in [1.54, 1.807) is 0 Å². The highest BCUT2D eigenvalue weighted by molar-refractivity contribution is 6.33. The normalized spacial score (nSPS) is 11.3. The molecule has 1 aromatic carbocycles. The minimum Gasteiger partial charge on any atom is -0.399 e. The Morgan fingerprint density at radius 3 is 2.93 bits per heavy atom. The zero-order chi connectivity index (χ0) is 10.4. The summed E-state index contributed by atoms with van der Waals surface area (Å²) in [7, 11) is 0. The molecule has 0 unspecified atom stereocenters. The van der Waals surface area contributed by atoms with Crippen molar-refractivity contribution in [3.63, 3.8) is 0 Å². The van der Waals surface area contributed by atoms with Crippen LogP contribution in [0.5, 0.6) is 0 Å². The summed E-state index contributed by atoms with van der Waals surface area (Å²) < 4.78 is 2.00. The number of rotatable bonds is 0. The number of nitrogens with zero attached hydrogens (tertiary/aromatic N) is 2. The number of aromatic nitrogens is 2. The molecule has 0 saturated heterocycles. The van der Waals surface area contributed by atoms with Crippen LogP contribution >= 0.6 is 11.6 Å². The van der Waals surface area contributed by atoms with Crippen LogP contribution < -0.4 is 5.73 Å². The summed E-state index contributed by atoms with van der Waals surface area (Å²) in [5, 5.41) is 0.498. The third-order valence-corrected chi connectivity index (χ3v) is 2.72. The molecule has 4 heteroatoms. The van der Waals surface area contributed by atoms with E-state index in [4.69, 9.17) is 17.3 Å². The highest BCUT2D eigenvalue weighted by Crippen LogP contribution is 2.23. The summed E-state index contributed by atoms with van der Waals surface area (Å²) in [5.74, 6) is 0. The summed E-state index contributed by atoms with van der Waals surface area (Å²) in [6.45, 7) is 0. The Balaban J connectivity index is 2.60. The maximum absolute atomic E-state index is 6.06. The van der Waals surface area contributed by atoms with Gasteiger partial charge < -0.3 is 10.1 Å². The number of halogens is 1. The maximum Gasteiger partial charge on any atom is 0.153 e. The molecular formula is C11H8ClN3. The molecule has 2 heterocycles. The zero-order valence-electron chi connectivity index (χ0n) is 7.81. The van der Waals surface area contributed by atoms with Gasteiger partial charge >= 0.3 is 0 Å². The molecule has 0 aliphatic rings. The van der Waals surface area contributed by atoms with Gasteiger partial charge in [0.15, 0.2) is 5.15 Å². The minimum absolute atomic E-state index is 0.498. The highest BCUT2D eigenvalue weighted by Gasteiger charge is 2.05. The number of benzene rings is 1. The van der Waals surface area contributed by atoms with Crippen molar-refractivity contribution in [2.24, 2.45) is 0 Å². The maximum atomic E-state index is 6.06. The van der Waals surface area contributed by atoms with Gasteiger partial charge in [-0.05, 0) is 30.3 Å². The van der Waals surface area contributed by atoms with Gasteiger partial charge in [-0.25, -0.2) is 4.98 Å².